The van der Waals surface area contributed by atoms with Gasteiger partial charge in [-0.2, -0.15) is 0 Å². The lowest BCUT2D eigenvalue weighted by molar-refractivity contribution is -0.153. The van der Waals surface area contributed by atoms with Gasteiger partial charge in [-0.15, -0.1) is 0 Å². The van der Waals surface area contributed by atoms with Crippen LogP contribution in [0.25, 0.3) is 0 Å². The average molecular weight is 202 g/mol. The molecule has 2 unspecified atom stereocenters. The van der Waals surface area contributed by atoms with Gasteiger partial charge in [0.05, 0.1) is 11.5 Å². The quantitative estimate of drug-likeness (QED) is 0.682. The lowest BCUT2D eigenvalue weighted by Crippen LogP contribution is -2.38. The number of carboxylic acid groups (broad SMARTS) is 1. The molecule has 4 nitrogen and oxygen atoms in total. The van der Waals surface area contributed by atoms with E-state index in [4.69, 9.17) is 9.47 Å². The monoisotopic (exact) mass is 202 g/mol. The summed E-state index contributed by atoms with van der Waals surface area (Å²) in [6.07, 6.45) is 0.925. The molecule has 0 radical (unpaired) electrons. The maximum absolute atomic E-state index is 11.2. The van der Waals surface area contributed by atoms with E-state index in [9.17, 15) is 9.90 Å². The van der Waals surface area contributed by atoms with E-state index < -0.39 is 11.4 Å². The van der Waals surface area contributed by atoms with Crippen molar-refractivity contribution in [2.45, 2.75) is 32.8 Å². The standard InChI is InChI=1S/C10H18O4/c1-3-13-6-4-10(9(11)12)5-7-14-8(10)2/h8H,3-7H2,1-2H3,(H,11,12). The van der Waals surface area contributed by atoms with E-state index in [0.29, 0.717) is 32.7 Å². The predicted octanol–water partition coefficient (Wildman–Crippen LogP) is 1.29. The Kier molecular flexibility index (Phi) is 3.89. The Hall–Kier alpha value is -0.610. The van der Waals surface area contributed by atoms with E-state index in [1.807, 2.05) is 13.8 Å². The molecule has 0 spiro atoms. The summed E-state index contributed by atoms with van der Waals surface area (Å²) in [5.74, 6) is -0.762. The second-order valence-electron chi connectivity index (χ2n) is 3.67. The molecule has 0 aliphatic carbocycles. The van der Waals surface area contributed by atoms with Gasteiger partial charge in [-0.1, -0.05) is 0 Å². The number of rotatable bonds is 5. The molecule has 2 atom stereocenters. The lowest BCUT2D eigenvalue weighted by atomic mass is 9.79. The number of hydrogen-bond acceptors (Lipinski definition) is 3. The Morgan fingerprint density at radius 1 is 1.71 bits per heavy atom. The first-order valence-corrected chi connectivity index (χ1v) is 5.06. The fourth-order valence-corrected chi connectivity index (χ4v) is 1.90. The summed E-state index contributed by atoms with van der Waals surface area (Å²) in [6.45, 7) is 5.40. The molecule has 1 N–H and O–H groups in total. The van der Waals surface area contributed by atoms with Crippen molar-refractivity contribution in [3.05, 3.63) is 0 Å². The van der Waals surface area contributed by atoms with Crippen LogP contribution in [0, 0.1) is 5.41 Å². The second-order valence-corrected chi connectivity index (χ2v) is 3.67. The topological polar surface area (TPSA) is 55.8 Å². The molecule has 0 aromatic carbocycles. The zero-order valence-corrected chi connectivity index (χ0v) is 8.78. The van der Waals surface area contributed by atoms with Crippen molar-refractivity contribution in [3.8, 4) is 0 Å². The summed E-state index contributed by atoms with van der Waals surface area (Å²) >= 11 is 0. The van der Waals surface area contributed by atoms with Crippen LogP contribution in [-0.2, 0) is 14.3 Å². The average Bonchev–Trinajstić information content (AvgIpc) is 2.49. The SMILES string of the molecule is CCOCCC1(C(=O)O)CCOC1C. The number of carboxylic acids is 1. The highest BCUT2D eigenvalue weighted by Crippen LogP contribution is 2.38. The molecule has 0 saturated carbocycles. The van der Waals surface area contributed by atoms with Gasteiger partial charge in [-0.05, 0) is 26.7 Å². The van der Waals surface area contributed by atoms with Gasteiger partial charge >= 0.3 is 5.97 Å². The fraction of sp³-hybridized carbons (Fsp3) is 0.900. The molecule has 1 aliphatic rings. The second kappa shape index (κ2) is 4.75. The molecule has 0 aromatic rings. The third kappa shape index (κ3) is 2.07. The minimum atomic E-state index is -0.762. The molecular weight excluding hydrogens is 184 g/mol. The van der Waals surface area contributed by atoms with E-state index in [1.165, 1.54) is 0 Å². The molecule has 14 heavy (non-hydrogen) atoms. The molecule has 82 valence electrons. The zero-order chi connectivity index (χ0) is 10.6. The van der Waals surface area contributed by atoms with Crippen molar-refractivity contribution < 1.29 is 19.4 Å². The van der Waals surface area contributed by atoms with E-state index in [-0.39, 0.29) is 6.10 Å². The van der Waals surface area contributed by atoms with Crippen LogP contribution in [-0.4, -0.2) is 37.0 Å². The summed E-state index contributed by atoms with van der Waals surface area (Å²) in [4.78, 5) is 11.2. The summed E-state index contributed by atoms with van der Waals surface area (Å²) in [7, 11) is 0. The van der Waals surface area contributed by atoms with Crippen molar-refractivity contribution >= 4 is 5.97 Å². The largest absolute Gasteiger partial charge is 0.481 e. The van der Waals surface area contributed by atoms with Crippen LogP contribution in [0.4, 0.5) is 0 Å². The zero-order valence-electron chi connectivity index (χ0n) is 8.78. The van der Waals surface area contributed by atoms with Crippen LogP contribution in [0.1, 0.15) is 26.7 Å². The fourth-order valence-electron chi connectivity index (χ4n) is 1.90. The van der Waals surface area contributed by atoms with Gasteiger partial charge < -0.3 is 14.6 Å². The highest BCUT2D eigenvalue weighted by molar-refractivity contribution is 5.75. The number of carbonyl (C=O) groups is 1. The van der Waals surface area contributed by atoms with Gasteiger partial charge in [0.25, 0.3) is 0 Å². The normalized spacial score (nSPS) is 32.0. The van der Waals surface area contributed by atoms with E-state index in [1.54, 1.807) is 0 Å². The maximum Gasteiger partial charge on any atom is 0.312 e. The molecule has 1 aliphatic heterocycles. The van der Waals surface area contributed by atoms with Crippen molar-refractivity contribution in [2.75, 3.05) is 19.8 Å². The predicted molar refractivity (Wildman–Crippen MR) is 51.2 cm³/mol. The van der Waals surface area contributed by atoms with Gasteiger partial charge in [0.2, 0.25) is 0 Å². The summed E-state index contributed by atoms with van der Waals surface area (Å²) in [5.41, 5.74) is -0.727. The minimum Gasteiger partial charge on any atom is -0.481 e. The third-order valence-electron chi connectivity index (χ3n) is 3.02. The highest BCUT2D eigenvalue weighted by atomic mass is 16.5. The third-order valence-corrected chi connectivity index (χ3v) is 3.02. The Morgan fingerprint density at radius 3 is 2.86 bits per heavy atom. The van der Waals surface area contributed by atoms with Crippen LogP contribution in [0.3, 0.4) is 0 Å². The van der Waals surface area contributed by atoms with Crippen molar-refractivity contribution in [3.63, 3.8) is 0 Å². The van der Waals surface area contributed by atoms with Crippen LogP contribution in [0.2, 0.25) is 0 Å². The van der Waals surface area contributed by atoms with Crippen LogP contribution in [0.15, 0.2) is 0 Å². The molecule has 0 aromatic heterocycles. The Morgan fingerprint density at radius 2 is 2.43 bits per heavy atom. The maximum atomic E-state index is 11.2. The number of hydrogen-bond donors (Lipinski definition) is 1. The molecule has 1 fully saturated rings. The number of ether oxygens (including phenoxy) is 2. The van der Waals surface area contributed by atoms with Crippen molar-refractivity contribution in [2.24, 2.45) is 5.41 Å². The van der Waals surface area contributed by atoms with Crippen molar-refractivity contribution in [1.82, 2.24) is 0 Å². The van der Waals surface area contributed by atoms with Gasteiger partial charge in [-0.25, -0.2) is 0 Å². The summed E-state index contributed by atoms with van der Waals surface area (Å²) < 4.78 is 10.5. The van der Waals surface area contributed by atoms with Gasteiger partial charge in [0, 0.05) is 19.8 Å². The van der Waals surface area contributed by atoms with E-state index >= 15 is 0 Å². The number of aliphatic carboxylic acids is 1. The molecule has 0 bridgehead atoms. The molecule has 1 heterocycles. The van der Waals surface area contributed by atoms with Gasteiger partial charge in [0.1, 0.15) is 0 Å². The van der Waals surface area contributed by atoms with Gasteiger partial charge in [-0.3, -0.25) is 4.79 Å². The van der Waals surface area contributed by atoms with Crippen LogP contribution >= 0.6 is 0 Å². The first-order valence-electron chi connectivity index (χ1n) is 5.06. The van der Waals surface area contributed by atoms with Gasteiger partial charge in [0.15, 0.2) is 0 Å². The van der Waals surface area contributed by atoms with E-state index in [0.717, 1.165) is 0 Å². The Balaban J connectivity index is 2.58. The Bertz CT molecular complexity index is 204. The highest BCUT2D eigenvalue weighted by Gasteiger charge is 2.47. The Labute approximate surface area is 84.2 Å². The summed E-state index contributed by atoms with van der Waals surface area (Å²) in [5, 5.41) is 9.20. The smallest absolute Gasteiger partial charge is 0.312 e. The molecule has 1 saturated heterocycles. The molecule has 1 rings (SSSR count). The van der Waals surface area contributed by atoms with Crippen LogP contribution in [0.5, 0.6) is 0 Å². The first-order chi connectivity index (χ1) is 6.63. The molecule has 4 heteroatoms. The van der Waals surface area contributed by atoms with Crippen molar-refractivity contribution in [1.29, 1.82) is 0 Å². The first kappa shape index (κ1) is 11.5. The van der Waals surface area contributed by atoms with E-state index in [2.05, 4.69) is 0 Å². The minimum absolute atomic E-state index is 0.208. The van der Waals surface area contributed by atoms with Crippen LogP contribution < -0.4 is 0 Å². The lowest BCUT2D eigenvalue weighted by Gasteiger charge is -2.26. The molecule has 0 amide bonds. The summed E-state index contributed by atoms with van der Waals surface area (Å²) in [6, 6.07) is 0. The molecular formula is C10H18O4.